The first-order valence-corrected chi connectivity index (χ1v) is 4.82. The summed E-state index contributed by atoms with van der Waals surface area (Å²) in [6, 6.07) is 0. The van der Waals surface area contributed by atoms with Gasteiger partial charge in [0.05, 0.1) is 0 Å². The van der Waals surface area contributed by atoms with Crippen LogP contribution in [-0.2, 0) is 0 Å². The molecule has 1 nitrogen and oxygen atoms in total. The molecule has 58 valence electrons. The number of thioether (sulfide) groups is 1. The van der Waals surface area contributed by atoms with Crippen LogP contribution in [0.5, 0.6) is 0 Å². The Morgan fingerprint density at radius 2 is 2.30 bits per heavy atom. The maximum absolute atomic E-state index is 4.07. The van der Waals surface area contributed by atoms with Crippen molar-refractivity contribution >= 4 is 17.6 Å². The van der Waals surface area contributed by atoms with Crippen molar-refractivity contribution in [3.8, 4) is 0 Å². The molecule has 0 heterocycles. The van der Waals surface area contributed by atoms with Crippen LogP contribution in [0.2, 0.25) is 0 Å². The Morgan fingerprint density at radius 1 is 1.60 bits per heavy atom. The second-order valence-corrected chi connectivity index (χ2v) is 3.25. The zero-order chi connectivity index (χ0) is 7.82. The molecule has 0 aromatic heterocycles. The lowest BCUT2D eigenvalue weighted by Gasteiger charge is -1.96. The topological polar surface area (TPSA) is 12.4 Å². The summed E-state index contributed by atoms with van der Waals surface area (Å²) in [5.41, 5.74) is 0. The third-order valence-electron chi connectivity index (χ3n) is 1.08. The summed E-state index contributed by atoms with van der Waals surface area (Å²) in [4.78, 5) is 4.07. The van der Waals surface area contributed by atoms with Crippen molar-refractivity contribution in [1.82, 2.24) is 0 Å². The largest absolute Gasteiger partial charge is 0.243 e. The first kappa shape index (κ1) is 9.80. The molecule has 10 heavy (non-hydrogen) atoms. The van der Waals surface area contributed by atoms with Crippen LogP contribution < -0.4 is 0 Å². The van der Waals surface area contributed by atoms with Crippen molar-refractivity contribution in [2.75, 3.05) is 12.8 Å². The third kappa shape index (κ3) is 7.80. The lowest BCUT2D eigenvalue weighted by molar-refractivity contribution is 0.598. The molecule has 0 N–H and O–H groups in total. The summed E-state index contributed by atoms with van der Waals surface area (Å²) in [6.45, 7) is 5.32. The highest BCUT2D eigenvalue weighted by molar-refractivity contribution is 8.01. The summed E-state index contributed by atoms with van der Waals surface area (Å²) in [5.74, 6) is 3.60. The number of nitrogens with zero attached hydrogens (tertiary/aromatic N) is 1. The number of aliphatic imine (C=N–C) groups is 1. The van der Waals surface area contributed by atoms with Crippen molar-refractivity contribution in [3.63, 3.8) is 0 Å². The molecule has 0 rings (SSSR count). The first-order valence-electron chi connectivity index (χ1n) is 3.54. The molecule has 0 aromatic rings. The van der Waals surface area contributed by atoms with Crippen LogP contribution in [0.4, 0.5) is 0 Å². The van der Waals surface area contributed by atoms with E-state index < -0.39 is 0 Å². The highest BCUT2D eigenvalue weighted by atomic mass is 32.2. The van der Waals surface area contributed by atoms with Crippen LogP contribution >= 0.6 is 11.8 Å². The van der Waals surface area contributed by atoms with Gasteiger partial charge in [0.2, 0.25) is 0 Å². The molecular weight excluding hydrogens is 142 g/mol. The molecular formula is C8H15NS. The molecule has 0 aliphatic rings. The lowest BCUT2D eigenvalue weighted by atomic mass is 10.1. The molecule has 0 aromatic carbocycles. The highest BCUT2D eigenvalue weighted by Crippen LogP contribution is 1.97. The Balaban J connectivity index is 3.26. The molecule has 2 heteroatoms. The maximum Gasteiger partial charge on any atom is 0.0486 e. The van der Waals surface area contributed by atoms with Crippen molar-refractivity contribution < 1.29 is 0 Å². The summed E-state index contributed by atoms with van der Waals surface area (Å²) >= 11 is 1.63. The predicted octanol–water partition coefficient (Wildman–Crippen LogP) is 2.58. The minimum absolute atomic E-state index is 0.750. The molecule has 0 saturated heterocycles. The number of hydrogen-bond donors (Lipinski definition) is 0. The van der Waals surface area contributed by atoms with Gasteiger partial charge in [-0.1, -0.05) is 13.8 Å². The molecule has 0 atom stereocenters. The van der Waals surface area contributed by atoms with Crippen LogP contribution in [0.1, 0.15) is 20.3 Å². The zero-order valence-electron chi connectivity index (χ0n) is 6.92. The van der Waals surface area contributed by atoms with Gasteiger partial charge in [0.15, 0.2) is 0 Å². The number of hydrogen-bond acceptors (Lipinski definition) is 2. The van der Waals surface area contributed by atoms with E-state index in [1.54, 1.807) is 11.8 Å². The van der Waals surface area contributed by atoms with E-state index in [0.717, 1.165) is 18.9 Å². The van der Waals surface area contributed by atoms with Gasteiger partial charge < -0.3 is 0 Å². The van der Waals surface area contributed by atoms with Crippen LogP contribution in [-0.4, -0.2) is 18.7 Å². The molecule has 0 bridgehead atoms. The van der Waals surface area contributed by atoms with Crippen LogP contribution in [0.15, 0.2) is 10.4 Å². The molecule has 0 aliphatic heterocycles. The number of rotatable bonds is 4. The van der Waals surface area contributed by atoms with Gasteiger partial charge in [-0.2, -0.15) is 0 Å². The van der Waals surface area contributed by atoms with Gasteiger partial charge in [-0.3, -0.25) is 0 Å². The minimum atomic E-state index is 0.750. The summed E-state index contributed by atoms with van der Waals surface area (Å²) in [5, 5.41) is 1.88. The van der Waals surface area contributed by atoms with Gasteiger partial charge in [-0.25, -0.2) is 4.99 Å². The summed E-state index contributed by atoms with van der Waals surface area (Å²) in [7, 11) is 0. The van der Waals surface area contributed by atoms with Crippen molar-refractivity contribution in [2.24, 2.45) is 10.9 Å². The molecule has 0 fully saturated rings. The normalized spacial score (nSPS) is 9.20. The Bertz CT molecular complexity index is 123. The lowest BCUT2D eigenvalue weighted by Crippen LogP contribution is -1.89. The predicted molar refractivity (Wildman–Crippen MR) is 49.8 cm³/mol. The summed E-state index contributed by atoms with van der Waals surface area (Å²) < 4.78 is 0. The first-order chi connectivity index (χ1) is 4.77. The fourth-order valence-electron chi connectivity index (χ4n) is 0.477. The van der Waals surface area contributed by atoms with Crippen molar-refractivity contribution in [3.05, 3.63) is 5.41 Å². The van der Waals surface area contributed by atoms with Gasteiger partial charge in [0, 0.05) is 12.0 Å². The van der Waals surface area contributed by atoms with E-state index in [-0.39, 0.29) is 0 Å². The molecule has 0 saturated carbocycles. The van der Waals surface area contributed by atoms with E-state index in [0.29, 0.717) is 0 Å². The Morgan fingerprint density at radius 3 is 2.80 bits per heavy atom. The van der Waals surface area contributed by atoms with E-state index in [4.69, 9.17) is 0 Å². The van der Waals surface area contributed by atoms with Gasteiger partial charge in [-0.05, 0) is 24.5 Å². The second kappa shape index (κ2) is 6.91. The van der Waals surface area contributed by atoms with Crippen molar-refractivity contribution in [1.29, 1.82) is 0 Å². The van der Waals surface area contributed by atoms with E-state index in [1.165, 1.54) is 0 Å². The molecule has 0 amide bonds. The average molecular weight is 157 g/mol. The maximum atomic E-state index is 4.07. The third-order valence-corrected chi connectivity index (χ3v) is 1.42. The monoisotopic (exact) mass is 157 g/mol. The van der Waals surface area contributed by atoms with Gasteiger partial charge >= 0.3 is 0 Å². The van der Waals surface area contributed by atoms with Gasteiger partial charge in [-0.15, -0.1) is 11.8 Å². The van der Waals surface area contributed by atoms with Crippen LogP contribution in [0.3, 0.4) is 0 Å². The SMILES string of the molecule is CSC=C=NCCC(C)C. The molecule has 0 radical (unpaired) electrons. The zero-order valence-corrected chi connectivity index (χ0v) is 7.74. The Labute approximate surface area is 67.6 Å². The standard InChI is InChI=1S/C8H15NS/c1-8(2)4-5-9-6-7-10-3/h7-8H,4-5H2,1-3H3. The highest BCUT2D eigenvalue weighted by Gasteiger charge is 1.88. The van der Waals surface area contributed by atoms with E-state index >= 15 is 0 Å². The van der Waals surface area contributed by atoms with Gasteiger partial charge in [0.1, 0.15) is 0 Å². The second-order valence-electron chi connectivity index (χ2n) is 2.55. The van der Waals surface area contributed by atoms with E-state index in [9.17, 15) is 0 Å². The van der Waals surface area contributed by atoms with Gasteiger partial charge in [0.25, 0.3) is 0 Å². The smallest absolute Gasteiger partial charge is 0.0486 e. The van der Waals surface area contributed by atoms with Crippen molar-refractivity contribution in [2.45, 2.75) is 20.3 Å². The van der Waals surface area contributed by atoms with E-state index in [1.807, 2.05) is 11.7 Å². The Kier molecular flexibility index (Phi) is 6.78. The Hall–Kier alpha value is -0.200. The quantitative estimate of drug-likeness (QED) is 0.571. The molecule has 0 spiro atoms. The van der Waals surface area contributed by atoms with Crippen LogP contribution in [0, 0.1) is 5.92 Å². The molecule has 0 aliphatic carbocycles. The molecule has 0 unspecified atom stereocenters. The van der Waals surface area contributed by atoms with Crippen LogP contribution in [0.25, 0.3) is 0 Å². The van der Waals surface area contributed by atoms with E-state index in [2.05, 4.69) is 24.7 Å². The summed E-state index contributed by atoms with van der Waals surface area (Å²) in [6.07, 6.45) is 3.17. The fourth-order valence-corrected chi connectivity index (χ4v) is 0.657. The average Bonchev–Trinajstić information content (AvgIpc) is 1.87. The fraction of sp³-hybridized carbons (Fsp3) is 0.750. The minimum Gasteiger partial charge on any atom is -0.243 e.